The van der Waals surface area contributed by atoms with Crippen LogP contribution in [0.5, 0.6) is 0 Å². The molecule has 0 atom stereocenters. The largest absolute Gasteiger partial charge is 0.380 e. The van der Waals surface area contributed by atoms with E-state index in [4.69, 9.17) is 5.14 Å². The van der Waals surface area contributed by atoms with Crippen LogP contribution in [0.15, 0.2) is 70.9 Å². The number of benzene rings is 2. The first-order valence-electron chi connectivity index (χ1n) is 7.67. The molecule has 3 aromatic rings. The average Bonchev–Trinajstić information content (AvgIpc) is 3.12. The predicted octanol–water partition coefficient (Wildman–Crippen LogP) is 3.78. The van der Waals surface area contributed by atoms with E-state index in [0.29, 0.717) is 12.2 Å². The van der Waals surface area contributed by atoms with Crippen LogP contribution >= 0.6 is 11.3 Å². The lowest BCUT2D eigenvalue weighted by atomic mass is 10.2. The fraction of sp³-hybridized carbons (Fsp3) is 0.111. The second kappa shape index (κ2) is 7.26. The molecule has 7 heteroatoms. The predicted molar refractivity (Wildman–Crippen MR) is 104 cm³/mol. The van der Waals surface area contributed by atoms with Gasteiger partial charge in [0.15, 0.2) is 0 Å². The third kappa shape index (κ3) is 4.19. The Morgan fingerprint density at radius 3 is 2.48 bits per heavy atom. The van der Waals surface area contributed by atoms with E-state index >= 15 is 0 Å². The monoisotopic (exact) mass is 373 g/mol. The number of rotatable bonds is 6. The first-order valence-corrected chi connectivity index (χ1v) is 10.1. The summed E-state index contributed by atoms with van der Waals surface area (Å²) in [7, 11) is -2.01. The van der Waals surface area contributed by atoms with Crippen LogP contribution in [0.1, 0.15) is 4.88 Å². The molecular weight excluding hydrogens is 354 g/mol. The fourth-order valence-electron chi connectivity index (χ4n) is 2.52. The molecule has 5 nitrogen and oxygen atoms in total. The molecule has 1 aromatic heterocycles. The van der Waals surface area contributed by atoms with Crippen LogP contribution in [0.4, 0.5) is 17.1 Å². The van der Waals surface area contributed by atoms with E-state index < -0.39 is 10.0 Å². The van der Waals surface area contributed by atoms with Crippen LogP contribution in [0.25, 0.3) is 0 Å². The third-order valence-corrected chi connectivity index (χ3v) is 5.65. The van der Waals surface area contributed by atoms with Crippen molar-refractivity contribution in [1.82, 2.24) is 0 Å². The van der Waals surface area contributed by atoms with Gasteiger partial charge in [-0.05, 0) is 41.8 Å². The summed E-state index contributed by atoms with van der Waals surface area (Å²) in [5.41, 5.74) is 2.24. The molecule has 0 amide bonds. The van der Waals surface area contributed by atoms with Crippen LogP contribution in [-0.2, 0) is 16.6 Å². The maximum absolute atomic E-state index is 12.0. The smallest absolute Gasteiger partial charge is 0.240 e. The summed E-state index contributed by atoms with van der Waals surface area (Å²) in [6.07, 6.45) is 0. The number of anilines is 3. The minimum atomic E-state index is -3.83. The molecule has 1 heterocycles. The molecule has 0 fully saturated rings. The van der Waals surface area contributed by atoms with Crippen molar-refractivity contribution >= 4 is 38.4 Å². The molecule has 130 valence electrons. The molecule has 3 N–H and O–H groups in total. The summed E-state index contributed by atoms with van der Waals surface area (Å²) in [5.74, 6) is 0. The van der Waals surface area contributed by atoms with Crippen LogP contribution < -0.4 is 15.4 Å². The molecule has 0 aliphatic heterocycles. The van der Waals surface area contributed by atoms with Gasteiger partial charge >= 0.3 is 0 Å². The lowest BCUT2D eigenvalue weighted by molar-refractivity contribution is 0.598. The van der Waals surface area contributed by atoms with E-state index in [1.165, 1.54) is 4.88 Å². The Bertz CT molecular complexity index is 940. The Morgan fingerprint density at radius 1 is 1.08 bits per heavy atom. The quantitative estimate of drug-likeness (QED) is 0.689. The highest BCUT2D eigenvalue weighted by molar-refractivity contribution is 7.89. The Balaban J connectivity index is 1.96. The second-order valence-corrected chi connectivity index (χ2v) is 8.12. The number of hydrogen-bond donors (Lipinski definition) is 2. The van der Waals surface area contributed by atoms with Crippen molar-refractivity contribution in [3.63, 3.8) is 0 Å². The van der Waals surface area contributed by atoms with Crippen molar-refractivity contribution in [2.75, 3.05) is 17.3 Å². The maximum atomic E-state index is 12.0. The van der Waals surface area contributed by atoms with E-state index in [0.717, 1.165) is 11.4 Å². The molecule has 3 rings (SSSR count). The van der Waals surface area contributed by atoms with Crippen LogP contribution in [0.3, 0.4) is 0 Å². The molecule has 0 spiro atoms. The minimum Gasteiger partial charge on any atom is -0.380 e. The van der Waals surface area contributed by atoms with Crippen molar-refractivity contribution in [2.24, 2.45) is 5.14 Å². The van der Waals surface area contributed by atoms with Gasteiger partial charge in [0.1, 0.15) is 4.90 Å². The van der Waals surface area contributed by atoms with E-state index in [1.54, 1.807) is 29.5 Å². The molecule has 0 aliphatic carbocycles. The van der Waals surface area contributed by atoms with Crippen LogP contribution in [0, 0.1) is 0 Å². The lowest BCUT2D eigenvalue weighted by Crippen LogP contribution is -2.19. The normalized spacial score (nSPS) is 11.3. The summed E-state index contributed by atoms with van der Waals surface area (Å²) in [6, 6.07) is 18.7. The molecule has 0 saturated carbocycles. The van der Waals surface area contributed by atoms with Crippen molar-refractivity contribution in [2.45, 2.75) is 11.4 Å². The first kappa shape index (κ1) is 17.5. The zero-order valence-electron chi connectivity index (χ0n) is 13.7. The third-order valence-electron chi connectivity index (χ3n) is 3.82. The summed E-state index contributed by atoms with van der Waals surface area (Å²) >= 11 is 1.67. The number of para-hydroxylation sites is 1. The number of sulfonamides is 1. The zero-order valence-corrected chi connectivity index (χ0v) is 15.3. The fourth-order valence-corrected chi connectivity index (χ4v) is 3.91. The van der Waals surface area contributed by atoms with Gasteiger partial charge in [-0.15, -0.1) is 11.3 Å². The number of thiophene rings is 1. The molecule has 0 unspecified atom stereocenters. The number of nitrogens with zero attached hydrogens (tertiary/aromatic N) is 1. The van der Waals surface area contributed by atoms with Crippen molar-refractivity contribution in [1.29, 1.82) is 0 Å². The van der Waals surface area contributed by atoms with Gasteiger partial charge in [-0.3, -0.25) is 0 Å². The highest BCUT2D eigenvalue weighted by Gasteiger charge is 2.18. The number of primary sulfonamides is 1. The van der Waals surface area contributed by atoms with E-state index in [-0.39, 0.29) is 4.90 Å². The number of nitrogens with two attached hydrogens (primary N) is 1. The van der Waals surface area contributed by atoms with Gasteiger partial charge in [0.2, 0.25) is 10.0 Å². The van der Waals surface area contributed by atoms with Crippen molar-refractivity contribution < 1.29 is 8.42 Å². The number of nitrogens with one attached hydrogen (secondary N) is 1. The highest BCUT2D eigenvalue weighted by atomic mass is 32.2. The highest BCUT2D eigenvalue weighted by Crippen LogP contribution is 2.32. The topological polar surface area (TPSA) is 75.4 Å². The first-order chi connectivity index (χ1) is 11.9. The summed E-state index contributed by atoms with van der Waals surface area (Å²) in [4.78, 5) is 3.12. The second-order valence-electron chi connectivity index (χ2n) is 5.55. The van der Waals surface area contributed by atoms with Crippen LogP contribution in [0.2, 0.25) is 0 Å². The SMILES string of the molecule is CN(c1ccccc1)c1cc(NCc2cccs2)ccc1S(N)(=O)=O. The molecule has 2 aromatic carbocycles. The van der Waals surface area contributed by atoms with Gasteiger partial charge in [-0.1, -0.05) is 24.3 Å². The Hall–Kier alpha value is -2.35. The average molecular weight is 374 g/mol. The Morgan fingerprint density at radius 2 is 1.84 bits per heavy atom. The lowest BCUT2D eigenvalue weighted by Gasteiger charge is -2.23. The standard InChI is InChI=1S/C18H19N3O2S2/c1-21(15-6-3-2-4-7-15)17-12-14(9-10-18(17)25(19,22)23)20-13-16-8-5-11-24-16/h2-12,20H,13H2,1H3,(H2,19,22,23). The Kier molecular flexibility index (Phi) is 5.08. The summed E-state index contributed by atoms with van der Waals surface area (Å²) in [6.45, 7) is 0.681. The van der Waals surface area contributed by atoms with E-state index in [1.807, 2.05) is 59.8 Å². The molecule has 0 bridgehead atoms. The zero-order chi connectivity index (χ0) is 17.9. The van der Waals surface area contributed by atoms with E-state index in [2.05, 4.69) is 5.32 Å². The van der Waals surface area contributed by atoms with Gasteiger partial charge in [0, 0.05) is 29.8 Å². The summed E-state index contributed by atoms with van der Waals surface area (Å²) in [5, 5.41) is 10.7. The van der Waals surface area contributed by atoms with Gasteiger partial charge < -0.3 is 10.2 Å². The van der Waals surface area contributed by atoms with Gasteiger partial charge in [0.25, 0.3) is 0 Å². The molecule has 0 saturated heterocycles. The van der Waals surface area contributed by atoms with Crippen LogP contribution in [-0.4, -0.2) is 15.5 Å². The summed E-state index contributed by atoms with van der Waals surface area (Å²) < 4.78 is 24.0. The molecule has 0 radical (unpaired) electrons. The molecule has 25 heavy (non-hydrogen) atoms. The van der Waals surface area contributed by atoms with Crippen molar-refractivity contribution in [3.05, 3.63) is 70.9 Å². The molecular formula is C18H19N3O2S2. The van der Waals surface area contributed by atoms with Gasteiger partial charge in [-0.2, -0.15) is 0 Å². The Labute approximate surface area is 151 Å². The van der Waals surface area contributed by atoms with Gasteiger partial charge in [0.05, 0.1) is 5.69 Å². The number of hydrogen-bond acceptors (Lipinski definition) is 5. The van der Waals surface area contributed by atoms with Gasteiger partial charge in [-0.25, -0.2) is 13.6 Å². The van der Waals surface area contributed by atoms with Crippen molar-refractivity contribution in [3.8, 4) is 0 Å². The van der Waals surface area contributed by atoms with E-state index in [9.17, 15) is 8.42 Å². The molecule has 0 aliphatic rings. The minimum absolute atomic E-state index is 0.0977. The maximum Gasteiger partial charge on any atom is 0.240 e.